The van der Waals surface area contributed by atoms with Gasteiger partial charge in [-0.3, -0.25) is 0 Å². The standard InChI is InChI=1S/C18H34N2O2/c1-13-6-5-7-14(9-8-13)19-15-10-11-16(12-15)20-17(21)22-18(2,3)4/h13-16,19H,5-12H2,1-4H3,(H,20,21). The van der Waals surface area contributed by atoms with Crippen LogP contribution in [0.1, 0.15) is 79.1 Å². The fourth-order valence-corrected chi connectivity index (χ4v) is 3.73. The first-order valence-electron chi connectivity index (χ1n) is 9.07. The molecule has 2 aliphatic carbocycles. The Bertz CT molecular complexity index is 365. The van der Waals surface area contributed by atoms with Crippen LogP contribution in [0.4, 0.5) is 4.79 Å². The number of amides is 1. The van der Waals surface area contributed by atoms with Gasteiger partial charge in [-0.2, -0.15) is 0 Å². The zero-order chi connectivity index (χ0) is 16.2. The van der Waals surface area contributed by atoms with E-state index in [9.17, 15) is 4.79 Å². The summed E-state index contributed by atoms with van der Waals surface area (Å²) < 4.78 is 5.34. The van der Waals surface area contributed by atoms with Crippen LogP contribution in [0.2, 0.25) is 0 Å². The summed E-state index contributed by atoms with van der Waals surface area (Å²) >= 11 is 0. The maximum atomic E-state index is 11.8. The van der Waals surface area contributed by atoms with E-state index in [-0.39, 0.29) is 12.1 Å². The zero-order valence-corrected chi connectivity index (χ0v) is 14.8. The fourth-order valence-electron chi connectivity index (χ4n) is 3.73. The molecule has 22 heavy (non-hydrogen) atoms. The second kappa shape index (κ2) is 7.67. The molecule has 0 aromatic heterocycles. The van der Waals surface area contributed by atoms with Gasteiger partial charge >= 0.3 is 6.09 Å². The van der Waals surface area contributed by atoms with Crippen LogP contribution in [0.5, 0.6) is 0 Å². The van der Waals surface area contributed by atoms with E-state index in [1.165, 1.54) is 32.1 Å². The lowest BCUT2D eigenvalue weighted by molar-refractivity contribution is 0.0505. The lowest BCUT2D eigenvalue weighted by Crippen LogP contribution is -2.40. The highest BCUT2D eigenvalue weighted by molar-refractivity contribution is 5.68. The molecule has 4 nitrogen and oxygen atoms in total. The second-order valence-corrected chi connectivity index (χ2v) is 8.33. The lowest BCUT2D eigenvalue weighted by Gasteiger charge is -2.23. The van der Waals surface area contributed by atoms with Gasteiger partial charge in [0.1, 0.15) is 5.60 Å². The molecule has 4 atom stereocenters. The number of rotatable bonds is 3. The van der Waals surface area contributed by atoms with Crippen LogP contribution in [0, 0.1) is 5.92 Å². The maximum absolute atomic E-state index is 11.8. The maximum Gasteiger partial charge on any atom is 0.407 e. The molecule has 0 spiro atoms. The van der Waals surface area contributed by atoms with E-state index < -0.39 is 5.60 Å². The van der Waals surface area contributed by atoms with E-state index in [0.29, 0.717) is 12.1 Å². The molecule has 0 aromatic rings. The summed E-state index contributed by atoms with van der Waals surface area (Å²) in [5.74, 6) is 0.886. The predicted octanol–water partition coefficient (Wildman–Crippen LogP) is 3.99. The van der Waals surface area contributed by atoms with Crippen molar-refractivity contribution in [3.8, 4) is 0 Å². The smallest absolute Gasteiger partial charge is 0.407 e. The third kappa shape index (κ3) is 6.15. The number of alkyl carbamates (subject to hydrolysis) is 1. The Morgan fingerprint density at radius 3 is 2.36 bits per heavy atom. The van der Waals surface area contributed by atoms with Crippen molar-refractivity contribution in [2.75, 3.05) is 0 Å². The lowest BCUT2D eigenvalue weighted by atomic mass is 10.0. The Balaban J connectivity index is 1.70. The first-order chi connectivity index (χ1) is 10.3. The van der Waals surface area contributed by atoms with Gasteiger partial charge < -0.3 is 15.4 Å². The number of hydrogen-bond acceptors (Lipinski definition) is 3. The minimum absolute atomic E-state index is 0.261. The van der Waals surface area contributed by atoms with E-state index >= 15 is 0 Å². The number of ether oxygens (including phenoxy) is 1. The minimum Gasteiger partial charge on any atom is -0.444 e. The molecule has 128 valence electrons. The van der Waals surface area contributed by atoms with Crippen molar-refractivity contribution in [1.82, 2.24) is 10.6 Å². The molecular formula is C18H34N2O2. The minimum atomic E-state index is -0.419. The van der Waals surface area contributed by atoms with Gasteiger partial charge in [-0.1, -0.05) is 19.8 Å². The third-order valence-corrected chi connectivity index (χ3v) is 4.88. The van der Waals surface area contributed by atoms with Gasteiger partial charge in [0.05, 0.1) is 0 Å². The Labute approximate surface area is 135 Å². The molecule has 4 heteroatoms. The van der Waals surface area contributed by atoms with Crippen LogP contribution in [0.3, 0.4) is 0 Å². The molecule has 0 radical (unpaired) electrons. The molecule has 2 saturated carbocycles. The van der Waals surface area contributed by atoms with Crippen LogP contribution in [-0.2, 0) is 4.74 Å². The van der Waals surface area contributed by atoms with Gasteiger partial charge in [0.25, 0.3) is 0 Å². The number of nitrogens with one attached hydrogen (secondary N) is 2. The van der Waals surface area contributed by atoms with Gasteiger partial charge in [-0.25, -0.2) is 4.79 Å². The fraction of sp³-hybridized carbons (Fsp3) is 0.944. The van der Waals surface area contributed by atoms with Gasteiger partial charge in [0.15, 0.2) is 0 Å². The highest BCUT2D eigenvalue weighted by Crippen LogP contribution is 2.26. The van der Waals surface area contributed by atoms with Crippen molar-refractivity contribution >= 4 is 6.09 Å². The third-order valence-electron chi connectivity index (χ3n) is 4.88. The second-order valence-electron chi connectivity index (χ2n) is 8.33. The molecule has 1 amide bonds. The predicted molar refractivity (Wildman–Crippen MR) is 90.0 cm³/mol. The van der Waals surface area contributed by atoms with Gasteiger partial charge in [0, 0.05) is 18.1 Å². The Kier molecular flexibility index (Phi) is 6.13. The summed E-state index contributed by atoms with van der Waals surface area (Å²) in [7, 11) is 0. The Morgan fingerprint density at radius 1 is 0.955 bits per heavy atom. The molecule has 0 heterocycles. The van der Waals surface area contributed by atoms with Crippen molar-refractivity contribution in [3.05, 3.63) is 0 Å². The van der Waals surface area contributed by atoms with Crippen molar-refractivity contribution in [2.45, 2.75) is 103 Å². The summed E-state index contributed by atoms with van der Waals surface area (Å²) in [6, 6.07) is 1.49. The van der Waals surface area contributed by atoms with Crippen LogP contribution in [0.15, 0.2) is 0 Å². The highest BCUT2D eigenvalue weighted by atomic mass is 16.6. The molecule has 2 fully saturated rings. The van der Waals surface area contributed by atoms with Crippen molar-refractivity contribution in [1.29, 1.82) is 0 Å². The molecule has 0 saturated heterocycles. The molecular weight excluding hydrogens is 276 g/mol. The molecule has 2 rings (SSSR count). The average molecular weight is 310 g/mol. The monoisotopic (exact) mass is 310 g/mol. The zero-order valence-electron chi connectivity index (χ0n) is 14.8. The average Bonchev–Trinajstić information content (AvgIpc) is 2.69. The van der Waals surface area contributed by atoms with Crippen LogP contribution >= 0.6 is 0 Å². The summed E-state index contributed by atoms with van der Waals surface area (Å²) in [5, 5.41) is 6.86. The SMILES string of the molecule is CC1CCCC(NC2CCC(NC(=O)OC(C)(C)C)C2)CC1. The molecule has 2 aliphatic rings. The van der Waals surface area contributed by atoms with E-state index in [1.807, 2.05) is 20.8 Å². The summed E-state index contributed by atoms with van der Waals surface area (Å²) in [5.41, 5.74) is -0.419. The number of hydrogen-bond donors (Lipinski definition) is 2. The molecule has 2 N–H and O–H groups in total. The topological polar surface area (TPSA) is 50.4 Å². The Morgan fingerprint density at radius 2 is 1.64 bits per heavy atom. The number of carbonyl (C=O) groups is 1. The van der Waals surface area contributed by atoms with Gasteiger partial charge in [-0.15, -0.1) is 0 Å². The van der Waals surface area contributed by atoms with Crippen LogP contribution < -0.4 is 10.6 Å². The van der Waals surface area contributed by atoms with E-state index in [1.54, 1.807) is 0 Å². The van der Waals surface area contributed by atoms with Gasteiger partial charge in [-0.05, 0) is 65.2 Å². The summed E-state index contributed by atoms with van der Waals surface area (Å²) in [6.07, 6.45) is 9.67. The summed E-state index contributed by atoms with van der Waals surface area (Å²) in [6.45, 7) is 8.08. The van der Waals surface area contributed by atoms with Crippen molar-refractivity contribution in [3.63, 3.8) is 0 Å². The molecule has 0 bridgehead atoms. The highest BCUT2D eigenvalue weighted by Gasteiger charge is 2.29. The quantitative estimate of drug-likeness (QED) is 0.775. The molecule has 0 aliphatic heterocycles. The molecule has 0 aromatic carbocycles. The number of carbonyl (C=O) groups excluding carboxylic acids is 1. The van der Waals surface area contributed by atoms with Crippen LogP contribution in [0.25, 0.3) is 0 Å². The van der Waals surface area contributed by atoms with E-state index in [4.69, 9.17) is 4.74 Å². The van der Waals surface area contributed by atoms with E-state index in [2.05, 4.69) is 17.6 Å². The summed E-state index contributed by atoms with van der Waals surface area (Å²) in [4.78, 5) is 11.8. The normalized spacial score (nSPS) is 33.3. The van der Waals surface area contributed by atoms with Gasteiger partial charge in [0.2, 0.25) is 0 Å². The molecule has 4 unspecified atom stereocenters. The van der Waals surface area contributed by atoms with Crippen LogP contribution in [-0.4, -0.2) is 29.8 Å². The van der Waals surface area contributed by atoms with Crippen molar-refractivity contribution in [2.24, 2.45) is 5.92 Å². The van der Waals surface area contributed by atoms with E-state index in [0.717, 1.165) is 25.2 Å². The first-order valence-corrected chi connectivity index (χ1v) is 9.07. The first kappa shape index (κ1) is 17.6. The largest absolute Gasteiger partial charge is 0.444 e. The van der Waals surface area contributed by atoms with Crippen molar-refractivity contribution < 1.29 is 9.53 Å². The Hall–Kier alpha value is -0.770.